The average Bonchev–Trinajstić information content (AvgIpc) is 3.45. The number of aromatic nitrogens is 2. The van der Waals surface area contributed by atoms with Crippen LogP contribution in [0.5, 0.6) is 0 Å². The van der Waals surface area contributed by atoms with Crippen LogP contribution in [0.25, 0.3) is 11.0 Å². The highest BCUT2D eigenvalue weighted by molar-refractivity contribution is 7.86. The predicted molar refractivity (Wildman–Crippen MR) is 114 cm³/mol. The Kier molecular flexibility index (Phi) is 5.86. The van der Waals surface area contributed by atoms with Crippen molar-refractivity contribution in [3.05, 3.63) is 33.9 Å². The number of carbonyl (C=O) groups excluding carboxylic acids is 1. The van der Waals surface area contributed by atoms with E-state index in [-0.39, 0.29) is 29.5 Å². The Morgan fingerprint density at radius 2 is 2.16 bits per heavy atom. The van der Waals surface area contributed by atoms with Crippen LogP contribution < -0.4 is 16.1 Å². The molecule has 0 radical (unpaired) electrons. The third-order valence-electron chi connectivity index (χ3n) is 5.07. The van der Waals surface area contributed by atoms with Crippen LogP contribution >= 0.6 is 0 Å². The van der Waals surface area contributed by atoms with Crippen molar-refractivity contribution >= 4 is 38.7 Å². The summed E-state index contributed by atoms with van der Waals surface area (Å²) in [5, 5.41) is 3.88. The molecule has 172 valence electrons. The molecule has 0 unspecified atom stereocenters. The van der Waals surface area contributed by atoms with E-state index < -0.39 is 32.9 Å². The first kappa shape index (κ1) is 22.1. The molecule has 0 amide bonds. The van der Waals surface area contributed by atoms with E-state index in [2.05, 4.69) is 14.3 Å². The van der Waals surface area contributed by atoms with E-state index in [1.54, 1.807) is 9.47 Å². The van der Waals surface area contributed by atoms with Crippen molar-refractivity contribution in [2.45, 2.75) is 25.3 Å². The molecule has 1 saturated carbocycles. The molecule has 0 spiro atoms. The zero-order valence-electron chi connectivity index (χ0n) is 17.3. The molecule has 2 aromatic rings. The number of hydrogen-bond donors (Lipinski definition) is 1. The third-order valence-corrected chi connectivity index (χ3v) is 5.53. The maximum Gasteiger partial charge on any atom is 0.359 e. The molecule has 3 heterocycles. The summed E-state index contributed by atoms with van der Waals surface area (Å²) in [4.78, 5) is 36.3. The van der Waals surface area contributed by atoms with Gasteiger partial charge in [0.15, 0.2) is 11.6 Å². The fourth-order valence-corrected chi connectivity index (χ4v) is 3.87. The van der Waals surface area contributed by atoms with E-state index in [0.29, 0.717) is 32.3 Å². The van der Waals surface area contributed by atoms with E-state index in [9.17, 15) is 22.4 Å². The number of fused-ring (bicyclic) bond motifs is 1. The average molecular weight is 467 g/mol. The highest BCUT2D eigenvalue weighted by Gasteiger charge is 2.31. The van der Waals surface area contributed by atoms with Gasteiger partial charge in [-0.05, 0) is 18.9 Å². The van der Waals surface area contributed by atoms with Gasteiger partial charge in [-0.15, -0.1) is 0 Å². The monoisotopic (exact) mass is 467 g/mol. The zero-order chi connectivity index (χ0) is 23.0. The molecule has 2 aromatic heterocycles. The SMILES string of the molecule is CS(=O)(=O)OC(=O)c1cn(C2CC2)c2nc(N3CC/C(=N/OCCN)C3)c(F)cc2c1=O. The quantitative estimate of drug-likeness (QED) is 0.350. The normalized spacial score (nSPS) is 17.8. The molecular formula is C19H22FN5O6S. The first-order valence-electron chi connectivity index (χ1n) is 10.00. The predicted octanol–water partition coefficient (Wildman–Crippen LogP) is 0.528. The van der Waals surface area contributed by atoms with E-state index in [0.717, 1.165) is 24.6 Å². The van der Waals surface area contributed by atoms with Crippen LogP contribution in [-0.2, 0) is 19.1 Å². The van der Waals surface area contributed by atoms with Crippen molar-refractivity contribution in [2.75, 3.05) is 37.4 Å². The van der Waals surface area contributed by atoms with Gasteiger partial charge in [0.25, 0.3) is 0 Å². The highest BCUT2D eigenvalue weighted by Crippen LogP contribution is 2.37. The Bertz CT molecular complexity index is 1270. The molecule has 0 bridgehead atoms. The molecule has 1 aliphatic heterocycles. The lowest BCUT2D eigenvalue weighted by Crippen LogP contribution is -2.25. The fourth-order valence-electron chi connectivity index (χ4n) is 3.51. The molecule has 32 heavy (non-hydrogen) atoms. The number of halogens is 1. The number of anilines is 1. The standard InChI is InChI=1S/C19H22FN5O6S/c1-32(28,29)31-19(27)14-10-25(12-2-3-12)17-13(16(14)26)8-15(20)18(22-17)24-6-4-11(9-24)23-30-7-5-21/h8,10,12H,2-7,9,21H2,1H3/b23-11-. The van der Waals surface area contributed by atoms with E-state index in [4.69, 9.17) is 10.6 Å². The molecule has 0 atom stereocenters. The minimum atomic E-state index is -4.12. The summed E-state index contributed by atoms with van der Waals surface area (Å²) in [7, 11) is -4.12. The topological polar surface area (TPSA) is 146 Å². The summed E-state index contributed by atoms with van der Waals surface area (Å²) in [5.41, 5.74) is 4.97. The number of hydrogen-bond acceptors (Lipinski definition) is 10. The van der Waals surface area contributed by atoms with Gasteiger partial charge < -0.3 is 24.2 Å². The van der Waals surface area contributed by atoms with E-state index >= 15 is 0 Å². The molecule has 13 heteroatoms. The van der Waals surface area contributed by atoms with Crippen molar-refractivity contribution in [3.63, 3.8) is 0 Å². The van der Waals surface area contributed by atoms with Gasteiger partial charge in [0.05, 0.1) is 23.9 Å². The number of nitrogens with two attached hydrogens (primary N) is 1. The van der Waals surface area contributed by atoms with Gasteiger partial charge in [0.1, 0.15) is 17.8 Å². The van der Waals surface area contributed by atoms with E-state index in [1.165, 1.54) is 6.20 Å². The van der Waals surface area contributed by atoms with Crippen molar-refractivity contribution in [1.29, 1.82) is 0 Å². The van der Waals surface area contributed by atoms with Crippen LogP contribution in [0, 0.1) is 5.82 Å². The Morgan fingerprint density at radius 1 is 1.41 bits per heavy atom. The number of rotatable bonds is 7. The second-order valence-electron chi connectivity index (χ2n) is 7.70. The summed E-state index contributed by atoms with van der Waals surface area (Å²) in [6, 6.07) is 0.991. The fraction of sp³-hybridized carbons (Fsp3) is 0.474. The first-order chi connectivity index (χ1) is 15.2. The third kappa shape index (κ3) is 4.58. The van der Waals surface area contributed by atoms with Gasteiger partial charge in [-0.3, -0.25) is 4.79 Å². The van der Waals surface area contributed by atoms with Crippen LogP contribution in [-0.4, -0.2) is 62.1 Å². The van der Waals surface area contributed by atoms with Gasteiger partial charge in [0, 0.05) is 31.7 Å². The summed E-state index contributed by atoms with van der Waals surface area (Å²) in [5.74, 6) is -1.99. The van der Waals surface area contributed by atoms with Gasteiger partial charge in [-0.1, -0.05) is 5.16 Å². The Balaban J connectivity index is 1.75. The molecular weight excluding hydrogens is 445 g/mol. The molecule has 1 saturated heterocycles. The first-order valence-corrected chi connectivity index (χ1v) is 11.8. The molecule has 4 rings (SSSR count). The van der Waals surface area contributed by atoms with E-state index in [1.807, 2.05) is 0 Å². The van der Waals surface area contributed by atoms with Crippen molar-refractivity contribution < 1.29 is 26.6 Å². The van der Waals surface area contributed by atoms with Crippen LogP contribution in [0.4, 0.5) is 10.2 Å². The van der Waals surface area contributed by atoms with Crippen LogP contribution in [0.3, 0.4) is 0 Å². The van der Waals surface area contributed by atoms with Crippen LogP contribution in [0.2, 0.25) is 0 Å². The number of oxime groups is 1. The zero-order valence-corrected chi connectivity index (χ0v) is 18.1. The lowest BCUT2D eigenvalue weighted by molar-refractivity contribution is 0.0746. The minimum Gasteiger partial charge on any atom is -0.394 e. The number of carbonyl (C=O) groups is 1. The van der Waals surface area contributed by atoms with Crippen LogP contribution in [0.15, 0.2) is 22.2 Å². The maximum atomic E-state index is 15.0. The molecule has 2 aliphatic rings. The smallest absolute Gasteiger partial charge is 0.359 e. The van der Waals surface area contributed by atoms with Gasteiger partial charge >= 0.3 is 16.1 Å². The minimum absolute atomic E-state index is 0.0333. The largest absolute Gasteiger partial charge is 0.394 e. The van der Waals surface area contributed by atoms with Gasteiger partial charge in [-0.2, -0.15) is 8.42 Å². The summed E-state index contributed by atoms with van der Waals surface area (Å²) in [6.07, 6.45) is 4.07. The number of nitrogens with zero attached hydrogens (tertiary/aromatic N) is 4. The summed E-state index contributed by atoms with van der Waals surface area (Å²) in [6.45, 7) is 1.39. The number of pyridine rings is 2. The molecule has 2 fully saturated rings. The summed E-state index contributed by atoms with van der Waals surface area (Å²) >= 11 is 0. The van der Waals surface area contributed by atoms with Gasteiger partial charge in [-0.25, -0.2) is 14.2 Å². The van der Waals surface area contributed by atoms with Crippen molar-refractivity contribution in [3.8, 4) is 0 Å². The van der Waals surface area contributed by atoms with Gasteiger partial charge in [0.2, 0.25) is 5.43 Å². The molecule has 2 N–H and O–H groups in total. The second-order valence-corrected chi connectivity index (χ2v) is 9.28. The van der Waals surface area contributed by atoms with Crippen molar-refractivity contribution in [2.24, 2.45) is 10.9 Å². The Labute approximate surface area is 182 Å². The maximum absolute atomic E-state index is 15.0. The second kappa shape index (κ2) is 8.47. The lowest BCUT2D eigenvalue weighted by Gasteiger charge is -2.19. The lowest BCUT2D eigenvalue weighted by atomic mass is 10.2. The Hall–Kier alpha value is -3.06. The Morgan fingerprint density at radius 3 is 2.81 bits per heavy atom. The summed E-state index contributed by atoms with van der Waals surface area (Å²) < 4.78 is 43.6. The highest BCUT2D eigenvalue weighted by atomic mass is 32.2. The van der Waals surface area contributed by atoms with Crippen LogP contribution in [0.1, 0.15) is 35.7 Å². The van der Waals surface area contributed by atoms with Crippen molar-refractivity contribution in [1.82, 2.24) is 9.55 Å². The molecule has 11 nitrogen and oxygen atoms in total. The molecule has 0 aromatic carbocycles. The molecule has 1 aliphatic carbocycles.